The number of pyridine rings is 1. The number of amides is 2. The predicted octanol–water partition coefficient (Wildman–Crippen LogP) is 4.49. The van der Waals surface area contributed by atoms with Crippen molar-refractivity contribution < 1.29 is 9.59 Å². The zero-order valence-electron chi connectivity index (χ0n) is 17.2. The molecule has 0 radical (unpaired) electrons. The molecule has 5 rings (SSSR count). The summed E-state index contributed by atoms with van der Waals surface area (Å²) in [6.45, 7) is 2.52. The van der Waals surface area contributed by atoms with E-state index in [1.54, 1.807) is 4.40 Å². The second-order valence-corrected chi connectivity index (χ2v) is 7.70. The third-order valence-corrected chi connectivity index (χ3v) is 5.64. The number of nitrogens with zero attached hydrogens (tertiary/aromatic N) is 3. The minimum Gasteiger partial charge on any atom is -0.321 e. The minimum atomic E-state index is -0.204. The van der Waals surface area contributed by atoms with Crippen LogP contribution in [0.4, 0.5) is 11.4 Å². The molecule has 6 nitrogen and oxygen atoms in total. The highest BCUT2D eigenvalue weighted by molar-refractivity contribution is 6.07. The van der Waals surface area contributed by atoms with Crippen molar-refractivity contribution in [2.24, 2.45) is 0 Å². The molecule has 0 saturated carbocycles. The number of anilines is 2. The van der Waals surface area contributed by atoms with Crippen LogP contribution in [0.1, 0.15) is 38.5 Å². The van der Waals surface area contributed by atoms with Gasteiger partial charge in [-0.15, -0.1) is 0 Å². The lowest BCUT2D eigenvalue weighted by atomic mass is 10.00. The van der Waals surface area contributed by atoms with Crippen LogP contribution >= 0.6 is 0 Å². The summed E-state index contributed by atoms with van der Waals surface area (Å²) in [4.78, 5) is 32.3. The molecular formula is C25H22N4O2. The van der Waals surface area contributed by atoms with Gasteiger partial charge in [0.25, 0.3) is 11.8 Å². The third-order valence-electron chi connectivity index (χ3n) is 5.64. The number of imidazole rings is 1. The first-order valence-corrected chi connectivity index (χ1v) is 10.4. The van der Waals surface area contributed by atoms with E-state index < -0.39 is 0 Å². The van der Waals surface area contributed by atoms with Gasteiger partial charge >= 0.3 is 0 Å². The van der Waals surface area contributed by atoms with Crippen LogP contribution in [0.5, 0.6) is 0 Å². The van der Waals surface area contributed by atoms with Crippen LogP contribution in [0, 0.1) is 6.92 Å². The van der Waals surface area contributed by atoms with Crippen molar-refractivity contribution in [2.45, 2.75) is 19.8 Å². The van der Waals surface area contributed by atoms with Gasteiger partial charge in [-0.2, -0.15) is 0 Å². The Bertz CT molecular complexity index is 1290. The number of hydrogen-bond donors (Lipinski definition) is 1. The summed E-state index contributed by atoms with van der Waals surface area (Å²) in [5.74, 6) is -0.205. The van der Waals surface area contributed by atoms with Crippen molar-refractivity contribution in [1.82, 2.24) is 9.38 Å². The van der Waals surface area contributed by atoms with E-state index >= 15 is 0 Å². The van der Waals surface area contributed by atoms with Gasteiger partial charge in [-0.25, -0.2) is 4.98 Å². The summed E-state index contributed by atoms with van der Waals surface area (Å²) >= 11 is 0. The zero-order chi connectivity index (χ0) is 21.4. The van der Waals surface area contributed by atoms with Gasteiger partial charge in [-0.05, 0) is 67.8 Å². The molecule has 6 heteroatoms. The Morgan fingerprint density at radius 3 is 2.65 bits per heavy atom. The largest absolute Gasteiger partial charge is 0.321 e. The van der Waals surface area contributed by atoms with E-state index in [2.05, 4.69) is 10.3 Å². The quantitative estimate of drug-likeness (QED) is 0.541. The molecule has 0 saturated heterocycles. The lowest BCUT2D eigenvalue weighted by Crippen LogP contribution is -2.35. The van der Waals surface area contributed by atoms with Gasteiger partial charge in [0.05, 0.1) is 5.69 Å². The molecule has 0 atom stereocenters. The molecular weight excluding hydrogens is 388 g/mol. The molecule has 0 spiro atoms. The Labute approximate surface area is 180 Å². The number of fused-ring (bicyclic) bond motifs is 2. The Morgan fingerprint density at radius 1 is 1.00 bits per heavy atom. The molecule has 154 valence electrons. The first kappa shape index (κ1) is 19.1. The molecule has 2 amide bonds. The average Bonchev–Trinajstić information content (AvgIpc) is 3.14. The van der Waals surface area contributed by atoms with E-state index in [9.17, 15) is 9.59 Å². The number of hydrogen-bond acceptors (Lipinski definition) is 3. The molecule has 31 heavy (non-hydrogen) atoms. The number of benzene rings is 2. The average molecular weight is 410 g/mol. The van der Waals surface area contributed by atoms with Crippen LogP contribution in [-0.4, -0.2) is 27.7 Å². The molecule has 4 aromatic rings. The molecule has 1 N–H and O–H groups in total. The van der Waals surface area contributed by atoms with Gasteiger partial charge < -0.3 is 10.2 Å². The van der Waals surface area contributed by atoms with Gasteiger partial charge in [0.2, 0.25) is 0 Å². The fourth-order valence-corrected chi connectivity index (χ4v) is 4.20. The molecule has 0 bridgehead atoms. The minimum absolute atomic E-state index is 0.000287. The van der Waals surface area contributed by atoms with Crippen LogP contribution in [0.15, 0.2) is 72.9 Å². The highest BCUT2D eigenvalue weighted by Gasteiger charge is 2.24. The highest BCUT2D eigenvalue weighted by atomic mass is 16.2. The van der Waals surface area contributed by atoms with Gasteiger partial charge in [0.15, 0.2) is 0 Å². The molecule has 0 unspecified atom stereocenters. The molecule has 0 fully saturated rings. The van der Waals surface area contributed by atoms with Gasteiger partial charge in [-0.1, -0.05) is 24.3 Å². The summed E-state index contributed by atoms with van der Waals surface area (Å²) in [5.41, 5.74) is 5.30. The number of aryl methyl sites for hydroxylation is 2. The first-order chi connectivity index (χ1) is 15.1. The molecule has 1 aliphatic heterocycles. The van der Waals surface area contributed by atoms with Crippen molar-refractivity contribution >= 4 is 28.8 Å². The van der Waals surface area contributed by atoms with Crippen LogP contribution in [0.3, 0.4) is 0 Å². The molecule has 2 aromatic heterocycles. The van der Waals surface area contributed by atoms with Crippen molar-refractivity contribution in [3.05, 3.63) is 95.4 Å². The lowest BCUT2D eigenvalue weighted by molar-refractivity contribution is 0.0983. The molecule has 2 aromatic carbocycles. The van der Waals surface area contributed by atoms with Gasteiger partial charge in [0, 0.05) is 29.7 Å². The Balaban J connectivity index is 1.42. The third kappa shape index (κ3) is 3.46. The standard InChI is InChI=1S/C25H22N4O2/c1-17-23(29-14-6-5-11-22(29)26-17)24(30)27-20-12-13-21-19(16-20)10-7-15-28(21)25(31)18-8-3-2-4-9-18/h2-6,8-9,11-14,16H,7,10,15H2,1H3,(H,27,30). The second kappa shape index (κ2) is 7.72. The van der Waals surface area contributed by atoms with E-state index in [4.69, 9.17) is 0 Å². The van der Waals surface area contributed by atoms with E-state index in [1.807, 2.05) is 84.8 Å². The van der Waals surface area contributed by atoms with E-state index in [-0.39, 0.29) is 11.8 Å². The van der Waals surface area contributed by atoms with Gasteiger partial charge in [-0.3, -0.25) is 14.0 Å². The van der Waals surface area contributed by atoms with E-state index in [0.29, 0.717) is 29.2 Å². The Morgan fingerprint density at radius 2 is 1.81 bits per heavy atom. The SMILES string of the molecule is Cc1nc2ccccn2c1C(=O)Nc1ccc2c(c1)CCCN2C(=O)c1ccccc1. The Hall–Kier alpha value is -3.93. The number of aromatic nitrogens is 2. The first-order valence-electron chi connectivity index (χ1n) is 10.4. The topological polar surface area (TPSA) is 66.7 Å². The summed E-state index contributed by atoms with van der Waals surface area (Å²) in [6.07, 6.45) is 3.59. The zero-order valence-corrected chi connectivity index (χ0v) is 17.2. The fourth-order valence-electron chi connectivity index (χ4n) is 4.20. The fraction of sp³-hybridized carbons (Fsp3) is 0.160. The number of rotatable bonds is 3. The molecule has 0 aliphatic carbocycles. The summed E-state index contributed by atoms with van der Waals surface area (Å²) < 4.78 is 1.79. The predicted molar refractivity (Wildman–Crippen MR) is 121 cm³/mol. The summed E-state index contributed by atoms with van der Waals surface area (Å²) in [6, 6.07) is 20.7. The summed E-state index contributed by atoms with van der Waals surface area (Å²) in [7, 11) is 0. The lowest BCUT2D eigenvalue weighted by Gasteiger charge is -2.30. The van der Waals surface area contributed by atoms with E-state index in [1.165, 1.54) is 0 Å². The monoisotopic (exact) mass is 410 g/mol. The maximum Gasteiger partial charge on any atom is 0.274 e. The van der Waals surface area contributed by atoms with Crippen molar-refractivity contribution in [3.8, 4) is 0 Å². The van der Waals surface area contributed by atoms with Crippen LogP contribution in [-0.2, 0) is 6.42 Å². The maximum atomic E-state index is 13.0. The van der Waals surface area contributed by atoms with Crippen LogP contribution < -0.4 is 10.2 Å². The van der Waals surface area contributed by atoms with Crippen molar-refractivity contribution in [3.63, 3.8) is 0 Å². The molecule has 3 heterocycles. The number of carbonyl (C=O) groups is 2. The second-order valence-electron chi connectivity index (χ2n) is 7.70. The van der Waals surface area contributed by atoms with E-state index in [0.717, 1.165) is 29.7 Å². The Kier molecular flexibility index (Phi) is 4.75. The number of nitrogens with one attached hydrogen (secondary N) is 1. The van der Waals surface area contributed by atoms with Crippen molar-refractivity contribution in [1.29, 1.82) is 0 Å². The van der Waals surface area contributed by atoms with Crippen molar-refractivity contribution in [2.75, 3.05) is 16.8 Å². The van der Waals surface area contributed by atoms with Gasteiger partial charge in [0.1, 0.15) is 11.3 Å². The highest BCUT2D eigenvalue weighted by Crippen LogP contribution is 2.31. The van der Waals surface area contributed by atoms with Crippen LogP contribution in [0.2, 0.25) is 0 Å². The maximum absolute atomic E-state index is 13.0. The van der Waals surface area contributed by atoms with Crippen LogP contribution in [0.25, 0.3) is 5.65 Å². The number of carbonyl (C=O) groups excluding carboxylic acids is 2. The smallest absolute Gasteiger partial charge is 0.274 e. The summed E-state index contributed by atoms with van der Waals surface area (Å²) in [5, 5.41) is 3.00. The normalized spacial score (nSPS) is 13.1. The molecule has 1 aliphatic rings.